The summed E-state index contributed by atoms with van der Waals surface area (Å²) in [5.74, 6) is 0.866. The summed E-state index contributed by atoms with van der Waals surface area (Å²) in [5, 5.41) is 13.6. The van der Waals surface area contributed by atoms with Gasteiger partial charge in [-0.2, -0.15) is 0 Å². The Bertz CT molecular complexity index is 349. The molecule has 0 saturated heterocycles. The molecule has 0 aliphatic rings. The number of carbonyl (C=O) groups is 3. The molecular formula is C11H17N3O4. The van der Waals surface area contributed by atoms with Crippen LogP contribution < -0.4 is 10.6 Å². The largest absolute Gasteiger partial charge is 0.480 e. The summed E-state index contributed by atoms with van der Waals surface area (Å²) < 4.78 is 0. The number of terminal acetylenes is 1. The van der Waals surface area contributed by atoms with Crippen LogP contribution in [0.5, 0.6) is 0 Å². The fourth-order valence-corrected chi connectivity index (χ4v) is 1.15. The minimum absolute atomic E-state index is 0.0979. The van der Waals surface area contributed by atoms with E-state index in [0.29, 0.717) is 6.54 Å². The Morgan fingerprint density at radius 1 is 1.33 bits per heavy atom. The van der Waals surface area contributed by atoms with Crippen LogP contribution in [0.25, 0.3) is 0 Å². The monoisotopic (exact) mass is 255 g/mol. The van der Waals surface area contributed by atoms with Crippen LogP contribution in [0.4, 0.5) is 4.79 Å². The lowest BCUT2D eigenvalue weighted by atomic mass is 10.4. The lowest BCUT2D eigenvalue weighted by Crippen LogP contribution is -2.44. The number of carboxylic acid groups (broad SMARTS) is 1. The van der Waals surface area contributed by atoms with Gasteiger partial charge in [-0.15, -0.1) is 6.42 Å². The maximum atomic E-state index is 11.5. The van der Waals surface area contributed by atoms with E-state index in [-0.39, 0.29) is 25.4 Å². The third-order valence-corrected chi connectivity index (χ3v) is 1.90. The Balaban J connectivity index is 4.07. The SMILES string of the molecule is C#CCN(CC(=O)O)C(=O)NCCC(=O)NCC. The first-order valence-electron chi connectivity index (χ1n) is 5.46. The Kier molecular flexibility index (Phi) is 7.77. The fraction of sp³-hybridized carbons (Fsp3) is 0.545. The fourth-order valence-electron chi connectivity index (χ4n) is 1.15. The second-order valence-corrected chi connectivity index (χ2v) is 3.39. The molecule has 0 aromatic rings. The highest BCUT2D eigenvalue weighted by Gasteiger charge is 2.15. The van der Waals surface area contributed by atoms with Crippen LogP contribution in [0.1, 0.15) is 13.3 Å². The highest BCUT2D eigenvalue weighted by atomic mass is 16.4. The molecule has 0 bridgehead atoms. The Morgan fingerprint density at radius 3 is 2.50 bits per heavy atom. The van der Waals surface area contributed by atoms with E-state index >= 15 is 0 Å². The van der Waals surface area contributed by atoms with E-state index < -0.39 is 18.5 Å². The van der Waals surface area contributed by atoms with Gasteiger partial charge in [0.15, 0.2) is 0 Å². The lowest BCUT2D eigenvalue weighted by Gasteiger charge is -2.18. The minimum atomic E-state index is -1.15. The molecule has 7 heteroatoms. The van der Waals surface area contributed by atoms with Crippen LogP contribution in [0.15, 0.2) is 0 Å². The van der Waals surface area contributed by atoms with Crippen LogP contribution in [-0.4, -0.2) is 54.1 Å². The van der Waals surface area contributed by atoms with E-state index in [2.05, 4.69) is 16.6 Å². The maximum Gasteiger partial charge on any atom is 0.323 e. The highest BCUT2D eigenvalue weighted by Crippen LogP contribution is 1.89. The quantitative estimate of drug-likeness (QED) is 0.521. The molecule has 0 rings (SSSR count). The summed E-state index contributed by atoms with van der Waals surface area (Å²) >= 11 is 0. The van der Waals surface area contributed by atoms with Crippen molar-refractivity contribution in [3.63, 3.8) is 0 Å². The molecule has 100 valence electrons. The van der Waals surface area contributed by atoms with E-state index in [9.17, 15) is 14.4 Å². The van der Waals surface area contributed by atoms with Gasteiger partial charge in [0.05, 0.1) is 6.54 Å². The summed E-state index contributed by atoms with van der Waals surface area (Å²) in [4.78, 5) is 34.1. The van der Waals surface area contributed by atoms with E-state index in [1.807, 2.05) is 0 Å². The average Bonchev–Trinajstić information content (AvgIpc) is 2.28. The molecule has 0 aromatic carbocycles. The number of hydrogen-bond acceptors (Lipinski definition) is 3. The molecule has 0 fully saturated rings. The van der Waals surface area contributed by atoms with Gasteiger partial charge in [-0.1, -0.05) is 5.92 Å². The molecule has 7 nitrogen and oxygen atoms in total. The Hall–Kier alpha value is -2.23. The summed E-state index contributed by atoms with van der Waals surface area (Å²) in [5.41, 5.74) is 0. The first-order valence-corrected chi connectivity index (χ1v) is 5.46. The van der Waals surface area contributed by atoms with Crippen molar-refractivity contribution in [3.05, 3.63) is 0 Å². The molecule has 0 aliphatic heterocycles. The summed E-state index contributed by atoms with van der Waals surface area (Å²) in [7, 11) is 0. The number of carbonyl (C=O) groups excluding carboxylic acids is 2. The zero-order chi connectivity index (χ0) is 14.0. The van der Waals surface area contributed by atoms with Crippen LogP contribution in [-0.2, 0) is 9.59 Å². The molecule has 0 atom stereocenters. The van der Waals surface area contributed by atoms with E-state index in [1.165, 1.54) is 0 Å². The predicted octanol–water partition coefficient (Wildman–Crippen LogP) is -0.758. The second-order valence-electron chi connectivity index (χ2n) is 3.39. The number of amides is 3. The van der Waals surface area contributed by atoms with Crippen LogP contribution in [0.2, 0.25) is 0 Å². The Labute approximate surface area is 106 Å². The van der Waals surface area contributed by atoms with Gasteiger partial charge in [0.2, 0.25) is 5.91 Å². The molecule has 3 N–H and O–H groups in total. The van der Waals surface area contributed by atoms with Crippen LogP contribution in [0, 0.1) is 12.3 Å². The number of rotatable bonds is 7. The number of nitrogens with zero attached hydrogens (tertiary/aromatic N) is 1. The van der Waals surface area contributed by atoms with Gasteiger partial charge in [0.25, 0.3) is 0 Å². The predicted molar refractivity (Wildman–Crippen MR) is 64.7 cm³/mol. The van der Waals surface area contributed by atoms with Gasteiger partial charge in [0, 0.05) is 19.5 Å². The number of carboxylic acids is 1. The van der Waals surface area contributed by atoms with E-state index in [0.717, 1.165) is 4.90 Å². The van der Waals surface area contributed by atoms with Crippen molar-refractivity contribution in [1.29, 1.82) is 0 Å². The molecule has 0 heterocycles. The van der Waals surface area contributed by atoms with Crippen molar-refractivity contribution in [3.8, 4) is 12.3 Å². The Morgan fingerprint density at radius 2 is 2.00 bits per heavy atom. The first-order chi connectivity index (χ1) is 8.51. The maximum absolute atomic E-state index is 11.5. The van der Waals surface area contributed by atoms with Gasteiger partial charge < -0.3 is 20.6 Å². The molecule has 0 radical (unpaired) electrons. The number of nitrogens with one attached hydrogen (secondary N) is 2. The normalized spacial score (nSPS) is 9.11. The van der Waals surface area contributed by atoms with Gasteiger partial charge in [0.1, 0.15) is 6.54 Å². The van der Waals surface area contributed by atoms with Crippen molar-refractivity contribution in [2.45, 2.75) is 13.3 Å². The van der Waals surface area contributed by atoms with Crippen LogP contribution >= 0.6 is 0 Å². The van der Waals surface area contributed by atoms with Gasteiger partial charge in [-0.05, 0) is 6.92 Å². The zero-order valence-electron chi connectivity index (χ0n) is 10.2. The van der Waals surface area contributed by atoms with Crippen molar-refractivity contribution >= 4 is 17.9 Å². The minimum Gasteiger partial charge on any atom is -0.480 e. The van der Waals surface area contributed by atoms with Crippen molar-refractivity contribution in [2.75, 3.05) is 26.2 Å². The van der Waals surface area contributed by atoms with Gasteiger partial charge in [-0.25, -0.2) is 4.79 Å². The molecular weight excluding hydrogens is 238 g/mol. The van der Waals surface area contributed by atoms with Crippen LogP contribution in [0.3, 0.4) is 0 Å². The molecule has 0 aromatic heterocycles. The third kappa shape index (κ3) is 7.11. The number of urea groups is 1. The number of aliphatic carboxylic acids is 1. The van der Waals surface area contributed by atoms with Gasteiger partial charge >= 0.3 is 12.0 Å². The topological polar surface area (TPSA) is 98.7 Å². The average molecular weight is 255 g/mol. The van der Waals surface area contributed by atoms with E-state index in [1.54, 1.807) is 6.92 Å². The number of hydrogen-bond donors (Lipinski definition) is 3. The molecule has 0 aliphatic carbocycles. The lowest BCUT2D eigenvalue weighted by molar-refractivity contribution is -0.137. The highest BCUT2D eigenvalue weighted by molar-refractivity contribution is 5.81. The van der Waals surface area contributed by atoms with Crippen molar-refractivity contribution in [1.82, 2.24) is 15.5 Å². The molecule has 0 spiro atoms. The molecule has 18 heavy (non-hydrogen) atoms. The van der Waals surface area contributed by atoms with Gasteiger partial charge in [-0.3, -0.25) is 9.59 Å². The standard InChI is InChI=1S/C11H17N3O4/c1-3-7-14(8-10(16)17)11(18)13-6-5-9(15)12-4-2/h1H,4-8H2,2H3,(H,12,15)(H,13,18)(H,16,17). The molecule has 3 amide bonds. The first kappa shape index (κ1) is 15.8. The second kappa shape index (κ2) is 8.87. The summed E-state index contributed by atoms with van der Waals surface area (Å²) in [6.07, 6.45) is 5.17. The molecule has 0 unspecified atom stereocenters. The van der Waals surface area contributed by atoms with Crippen molar-refractivity contribution < 1.29 is 19.5 Å². The smallest absolute Gasteiger partial charge is 0.323 e. The van der Waals surface area contributed by atoms with Crippen molar-refractivity contribution in [2.24, 2.45) is 0 Å². The molecule has 0 saturated carbocycles. The summed E-state index contributed by atoms with van der Waals surface area (Å²) in [6.45, 7) is 1.87. The summed E-state index contributed by atoms with van der Waals surface area (Å²) in [6, 6.07) is -0.598. The zero-order valence-corrected chi connectivity index (χ0v) is 10.2. The third-order valence-electron chi connectivity index (χ3n) is 1.90. The van der Waals surface area contributed by atoms with E-state index in [4.69, 9.17) is 11.5 Å².